The molecule has 8 heteroatoms. The Morgan fingerprint density at radius 3 is 2.26 bits per heavy atom. The summed E-state index contributed by atoms with van der Waals surface area (Å²) in [5.74, 6) is -0.968. The maximum atomic E-state index is 12.1. The normalized spacial score (nSPS) is 13.0. The molecule has 0 saturated heterocycles. The van der Waals surface area contributed by atoms with Crippen LogP contribution in [0.5, 0.6) is 11.5 Å². The molecule has 2 N–H and O–H groups in total. The van der Waals surface area contributed by atoms with E-state index in [1.165, 1.54) is 14.2 Å². The Morgan fingerprint density at radius 1 is 1.13 bits per heavy atom. The van der Waals surface area contributed by atoms with Crippen LogP contribution in [0.3, 0.4) is 0 Å². The van der Waals surface area contributed by atoms with Crippen LogP contribution in [0.15, 0.2) is 18.2 Å². The molecule has 1 aliphatic rings. The van der Waals surface area contributed by atoms with Crippen LogP contribution in [0.1, 0.15) is 23.2 Å². The second-order valence-electron chi connectivity index (χ2n) is 4.91. The van der Waals surface area contributed by atoms with Crippen LogP contribution in [-0.2, 0) is 9.53 Å². The predicted molar refractivity (Wildman–Crippen MR) is 79.5 cm³/mol. The van der Waals surface area contributed by atoms with Gasteiger partial charge in [0.15, 0.2) is 6.61 Å². The fraction of sp³-hybridized carbons (Fsp3) is 0.400. The fourth-order valence-electron chi connectivity index (χ4n) is 1.87. The second kappa shape index (κ2) is 7.48. The summed E-state index contributed by atoms with van der Waals surface area (Å²) in [7, 11) is 2.81. The van der Waals surface area contributed by atoms with Crippen LogP contribution in [0.2, 0.25) is 0 Å². The van der Waals surface area contributed by atoms with E-state index in [4.69, 9.17) is 14.2 Å². The minimum atomic E-state index is -0.781. The van der Waals surface area contributed by atoms with Crippen molar-refractivity contribution in [2.24, 2.45) is 0 Å². The van der Waals surface area contributed by atoms with E-state index in [9.17, 15) is 14.4 Å². The number of urea groups is 1. The molecular formula is C15H18N2O6. The molecule has 124 valence electrons. The lowest BCUT2D eigenvalue weighted by atomic mass is 10.2. The van der Waals surface area contributed by atoms with Crippen LogP contribution >= 0.6 is 0 Å². The Bertz CT molecular complexity index is 590. The third-order valence-electron chi connectivity index (χ3n) is 3.13. The summed E-state index contributed by atoms with van der Waals surface area (Å²) in [6, 6.07) is 4.33. The third-order valence-corrected chi connectivity index (χ3v) is 3.13. The van der Waals surface area contributed by atoms with Crippen molar-refractivity contribution in [1.82, 2.24) is 10.6 Å². The molecule has 0 radical (unpaired) electrons. The lowest BCUT2D eigenvalue weighted by Crippen LogP contribution is -2.42. The van der Waals surface area contributed by atoms with Gasteiger partial charge in [-0.3, -0.25) is 10.1 Å². The van der Waals surface area contributed by atoms with Crippen molar-refractivity contribution in [2.45, 2.75) is 18.9 Å². The zero-order valence-electron chi connectivity index (χ0n) is 12.9. The summed E-state index contributed by atoms with van der Waals surface area (Å²) < 4.78 is 15.1. The number of ether oxygens (including phenoxy) is 3. The van der Waals surface area contributed by atoms with Gasteiger partial charge in [0.2, 0.25) is 0 Å². The quantitative estimate of drug-likeness (QED) is 0.753. The smallest absolute Gasteiger partial charge is 0.346 e. The van der Waals surface area contributed by atoms with E-state index in [0.29, 0.717) is 0 Å². The first kappa shape index (κ1) is 16.6. The molecule has 0 unspecified atom stereocenters. The zero-order valence-corrected chi connectivity index (χ0v) is 12.9. The van der Waals surface area contributed by atoms with Gasteiger partial charge in [-0.05, 0) is 25.0 Å². The van der Waals surface area contributed by atoms with E-state index in [1.54, 1.807) is 18.2 Å². The highest BCUT2D eigenvalue weighted by molar-refractivity contribution is 5.99. The molecule has 23 heavy (non-hydrogen) atoms. The summed E-state index contributed by atoms with van der Waals surface area (Å²) >= 11 is 0. The number of hydrogen-bond acceptors (Lipinski definition) is 6. The van der Waals surface area contributed by atoms with E-state index in [2.05, 4.69) is 10.6 Å². The molecule has 1 saturated carbocycles. The average Bonchev–Trinajstić information content (AvgIpc) is 3.35. The Morgan fingerprint density at radius 2 is 1.74 bits per heavy atom. The number of benzene rings is 1. The number of esters is 1. The third kappa shape index (κ3) is 4.60. The molecule has 8 nitrogen and oxygen atoms in total. The van der Waals surface area contributed by atoms with Crippen molar-refractivity contribution in [1.29, 1.82) is 0 Å². The van der Waals surface area contributed by atoms with Gasteiger partial charge in [0.1, 0.15) is 17.1 Å². The Kier molecular flexibility index (Phi) is 5.40. The molecule has 0 heterocycles. The standard InChI is InChI=1S/C15H18N2O6/c1-21-10-4-3-5-11(22-2)13(10)14(19)23-8-12(18)17-15(20)16-9-6-7-9/h3-5,9H,6-8H2,1-2H3,(H2,16,17,18,20). The van der Waals surface area contributed by atoms with E-state index < -0.39 is 24.5 Å². The van der Waals surface area contributed by atoms with Crippen LogP contribution in [0.25, 0.3) is 0 Å². The van der Waals surface area contributed by atoms with E-state index in [0.717, 1.165) is 12.8 Å². The number of methoxy groups -OCH3 is 2. The van der Waals surface area contributed by atoms with E-state index in [-0.39, 0.29) is 23.1 Å². The summed E-state index contributed by atoms with van der Waals surface area (Å²) in [5.41, 5.74) is 0.0766. The SMILES string of the molecule is COc1cccc(OC)c1C(=O)OCC(=O)NC(=O)NC1CC1. The predicted octanol–water partition coefficient (Wildman–Crippen LogP) is 0.849. The minimum Gasteiger partial charge on any atom is -0.496 e. The van der Waals surface area contributed by atoms with Crippen molar-refractivity contribution < 1.29 is 28.6 Å². The molecule has 1 aliphatic carbocycles. The van der Waals surface area contributed by atoms with Crippen LogP contribution < -0.4 is 20.1 Å². The number of imide groups is 1. The molecule has 0 aliphatic heterocycles. The molecule has 0 atom stereocenters. The number of hydrogen-bond donors (Lipinski definition) is 2. The second-order valence-corrected chi connectivity index (χ2v) is 4.91. The Labute approximate surface area is 133 Å². The van der Waals surface area contributed by atoms with Gasteiger partial charge < -0.3 is 19.5 Å². The number of amides is 3. The van der Waals surface area contributed by atoms with E-state index in [1.807, 2.05) is 0 Å². The first-order chi connectivity index (χ1) is 11.0. The average molecular weight is 322 g/mol. The van der Waals surface area contributed by atoms with Gasteiger partial charge >= 0.3 is 12.0 Å². The molecule has 0 bridgehead atoms. The van der Waals surface area contributed by atoms with Gasteiger partial charge in [-0.25, -0.2) is 9.59 Å². The number of nitrogens with one attached hydrogen (secondary N) is 2. The van der Waals surface area contributed by atoms with Gasteiger partial charge in [0.25, 0.3) is 5.91 Å². The largest absolute Gasteiger partial charge is 0.496 e. The highest BCUT2D eigenvalue weighted by atomic mass is 16.5. The zero-order chi connectivity index (χ0) is 16.8. The van der Waals surface area contributed by atoms with Crippen molar-refractivity contribution in [2.75, 3.05) is 20.8 Å². The lowest BCUT2D eigenvalue weighted by Gasteiger charge is -2.12. The molecule has 3 amide bonds. The highest BCUT2D eigenvalue weighted by Gasteiger charge is 2.24. The van der Waals surface area contributed by atoms with Crippen molar-refractivity contribution in [3.8, 4) is 11.5 Å². The molecule has 1 aromatic carbocycles. The molecule has 1 aromatic rings. The van der Waals surface area contributed by atoms with Gasteiger partial charge in [-0.1, -0.05) is 6.07 Å². The number of carbonyl (C=O) groups excluding carboxylic acids is 3. The number of rotatable bonds is 6. The summed E-state index contributed by atoms with van der Waals surface area (Å²) in [6.07, 6.45) is 1.81. The van der Waals surface area contributed by atoms with Gasteiger partial charge in [0.05, 0.1) is 14.2 Å². The Hall–Kier alpha value is -2.77. The summed E-state index contributed by atoms with van der Waals surface area (Å²) in [6.45, 7) is -0.585. The number of carbonyl (C=O) groups is 3. The van der Waals surface area contributed by atoms with Gasteiger partial charge in [0, 0.05) is 6.04 Å². The molecular weight excluding hydrogens is 304 g/mol. The first-order valence-corrected chi connectivity index (χ1v) is 7.03. The molecule has 1 fully saturated rings. The minimum absolute atomic E-state index is 0.0766. The van der Waals surface area contributed by atoms with Crippen LogP contribution in [-0.4, -0.2) is 44.8 Å². The monoisotopic (exact) mass is 322 g/mol. The van der Waals surface area contributed by atoms with Crippen molar-refractivity contribution >= 4 is 17.9 Å². The molecule has 0 spiro atoms. The van der Waals surface area contributed by atoms with E-state index >= 15 is 0 Å². The Balaban J connectivity index is 1.91. The van der Waals surface area contributed by atoms with Gasteiger partial charge in [-0.15, -0.1) is 0 Å². The summed E-state index contributed by atoms with van der Waals surface area (Å²) in [4.78, 5) is 35.1. The van der Waals surface area contributed by atoms with Crippen LogP contribution in [0.4, 0.5) is 4.79 Å². The molecule has 0 aromatic heterocycles. The summed E-state index contributed by atoms with van der Waals surface area (Å²) in [5, 5.41) is 4.68. The lowest BCUT2D eigenvalue weighted by molar-refractivity contribution is -0.123. The highest BCUT2D eigenvalue weighted by Crippen LogP contribution is 2.28. The maximum Gasteiger partial charge on any atom is 0.346 e. The van der Waals surface area contributed by atoms with Gasteiger partial charge in [-0.2, -0.15) is 0 Å². The maximum absolute atomic E-state index is 12.1. The van der Waals surface area contributed by atoms with Crippen molar-refractivity contribution in [3.05, 3.63) is 23.8 Å². The molecule has 2 rings (SSSR count). The van der Waals surface area contributed by atoms with Crippen molar-refractivity contribution in [3.63, 3.8) is 0 Å². The topological polar surface area (TPSA) is 103 Å². The fourth-order valence-corrected chi connectivity index (χ4v) is 1.87. The first-order valence-electron chi connectivity index (χ1n) is 7.03. The van der Waals surface area contributed by atoms with Crippen LogP contribution in [0, 0.1) is 0 Å².